The van der Waals surface area contributed by atoms with Gasteiger partial charge in [-0.15, -0.1) is 0 Å². The molecule has 118 valence electrons. The molecule has 0 radical (unpaired) electrons. The molecular formula is C13H9ClF3NO4. The van der Waals surface area contributed by atoms with E-state index in [-0.39, 0.29) is 10.7 Å². The van der Waals surface area contributed by atoms with Crippen molar-refractivity contribution in [1.29, 1.82) is 0 Å². The average Bonchev–Trinajstić information content (AvgIpc) is 2.32. The van der Waals surface area contributed by atoms with Gasteiger partial charge in [0.25, 0.3) is 5.79 Å². The van der Waals surface area contributed by atoms with Crippen LogP contribution in [-0.2, 0) is 25.2 Å². The second-order valence-electron chi connectivity index (χ2n) is 4.83. The van der Waals surface area contributed by atoms with Gasteiger partial charge in [-0.3, -0.25) is 4.98 Å². The highest BCUT2D eigenvalue weighted by Gasteiger charge is 2.39. The second kappa shape index (κ2) is 5.28. The van der Waals surface area contributed by atoms with Crippen LogP contribution in [-0.4, -0.2) is 22.7 Å². The van der Waals surface area contributed by atoms with Crippen LogP contribution in [0.25, 0.3) is 6.08 Å². The van der Waals surface area contributed by atoms with E-state index in [1.807, 2.05) is 0 Å². The molecule has 2 rings (SSSR count). The number of aromatic nitrogens is 1. The van der Waals surface area contributed by atoms with Gasteiger partial charge in [0.15, 0.2) is 0 Å². The van der Waals surface area contributed by atoms with Crippen molar-refractivity contribution in [3.63, 3.8) is 0 Å². The van der Waals surface area contributed by atoms with Gasteiger partial charge in [0.2, 0.25) is 0 Å². The normalized spacial score (nSPS) is 17.8. The summed E-state index contributed by atoms with van der Waals surface area (Å²) in [6.07, 6.45) is -3.14. The highest BCUT2D eigenvalue weighted by atomic mass is 35.5. The maximum absolute atomic E-state index is 12.5. The first-order valence-electron chi connectivity index (χ1n) is 5.91. The first-order valence-corrected chi connectivity index (χ1v) is 6.28. The number of pyridine rings is 1. The van der Waals surface area contributed by atoms with Gasteiger partial charge < -0.3 is 9.47 Å². The van der Waals surface area contributed by atoms with Gasteiger partial charge in [-0.05, 0) is 12.1 Å². The topological polar surface area (TPSA) is 65.5 Å². The number of hydrogen-bond acceptors (Lipinski definition) is 5. The molecule has 0 aliphatic carbocycles. The van der Waals surface area contributed by atoms with E-state index in [2.05, 4.69) is 4.98 Å². The highest BCUT2D eigenvalue weighted by molar-refractivity contribution is 6.32. The molecule has 1 aromatic heterocycles. The molecule has 2 heterocycles. The average molecular weight is 336 g/mol. The largest absolute Gasteiger partial charge is 0.419 e. The third-order valence-corrected chi connectivity index (χ3v) is 2.90. The molecule has 0 spiro atoms. The minimum absolute atomic E-state index is 0.182. The Morgan fingerprint density at radius 1 is 1.23 bits per heavy atom. The standard InChI is InChI=1S/C13H9ClF3NO4/c1-12(2)21-10(19)7(11(20)22-12)4-9-8(14)3-6(5-18-9)13(15,16)17/h3-5H,1-2H3. The Labute approximate surface area is 127 Å². The molecule has 0 unspecified atom stereocenters. The van der Waals surface area contributed by atoms with Crippen molar-refractivity contribution in [3.05, 3.63) is 34.1 Å². The number of alkyl halides is 3. The highest BCUT2D eigenvalue weighted by Crippen LogP contribution is 2.32. The Hall–Kier alpha value is -2.09. The smallest absolute Gasteiger partial charge is 0.417 e. The summed E-state index contributed by atoms with van der Waals surface area (Å²) in [5, 5.41) is -0.368. The molecule has 0 amide bonds. The van der Waals surface area contributed by atoms with Gasteiger partial charge in [0.1, 0.15) is 5.57 Å². The summed E-state index contributed by atoms with van der Waals surface area (Å²) in [7, 11) is 0. The van der Waals surface area contributed by atoms with Crippen molar-refractivity contribution >= 4 is 29.6 Å². The van der Waals surface area contributed by atoms with Crippen LogP contribution in [0.1, 0.15) is 25.1 Å². The Morgan fingerprint density at radius 2 is 1.77 bits per heavy atom. The maximum Gasteiger partial charge on any atom is 0.417 e. The number of carbonyl (C=O) groups excluding carboxylic acids is 2. The molecule has 1 aliphatic rings. The lowest BCUT2D eigenvalue weighted by Gasteiger charge is -2.29. The minimum atomic E-state index is -4.60. The van der Waals surface area contributed by atoms with Crippen LogP contribution < -0.4 is 0 Å². The van der Waals surface area contributed by atoms with Crippen molar-refractivity contribution in [2.24, 2.45) is 0 Å². The number of rotatable bonds is 1. The van der Waals surface area contributed by atoms with Crippen LogP contribution in [0.2, 0.25) is 5.02 Å². The summed E-state index contributed by atoms with van der Waals surface area (Å²) in [5.41, 5.74) is -1.73. The van der Waals surface area contributed by atoms with E-state index in [0.717, 1.165) is 6.08 Å². The van der Waals surface area contributed by atoms with Gasteiger partial charge >= 0.3 is 18.1 Å². The summed E-state index contributed by atoms with van der Waals surface area (Å²) in [6, 6.07) is 0.643. The van der Waals surface area contributed by atoms with Gasteiger partial charge in [0, 0.05) is 20.0 Å². The quantitative estimate of drug-likeness (QED) is 0.448. The van der Waals surface area contributed by atoms with Gasteiger partial charge in [-0.1, -0.05) is 11.6 Å². The molecule has 0 atom stereocenters. The molecule has 0 saturated carbocycles. The summed E-state index contributed by atoms with van der Waals surface area (Å²) in [4.78, 5) is 26.9. The number of halogens is 4. The molecule has 1 fully saturated rings. The fourth-order valence-electron chi connectivity index (χ4n) is 1.62. The fourth-order valence-corrected chi connectivity index (χ4v) is 1.85. The lowest BCUT2D eigenvalue weighted by molar-refractivity contribution is -0.222. The molecule has 0 bridgehead atoms. The van der Waals surface area contributed by atoms with Crippen LogP contribution in [0.3, 0.4) is 0 Å². The number of ether oxygens (including phenoxy) is 2. The zero-order chi connectivity index (χ0) is 16.7. The SMILES string of the molecule is CC1(C)OC(=O)C(=Cc2ncc(C(F)(F)F)cc2Cl)C(=O)O1. The Kier molecular flexibility index (Phi) is 3.90. The van der Waals surface area contributed by atoms with E-state index in [1.54, 1.807) is 0 Å². The van der Waals surface area contributed by atoms with Crippen molar-refractivity contribution in [1.82, 2.24) is 4.98 Å². The van der Waals surface area contributed by atoms with Gasteiger partial charge in [-0.25, -0.2) is 9.59 Å². The van der Waals surface area contributed by atoms with E-state index in [9.17, 15) is 22.8 Å². The molecule has 1 saturated heterocycles. The molecule has 1 aliphatic heterocycles. The van der Waals surface area contributed by atoms with E-state index < -0.39 is 35.0 Å². The van der Waals surface area contributed by atoms with Crippen LogP contribution in [0.4, 0.5) is 13.2 Å². The molecule has 0 N–H and O–H groups in total. The number of nitrogens with zero attached hydrogens (tertiary/aromatic N) is 1. The van der Waals surface area contributed by atoms with Crippen LogP contribution >= 0.6 is 11.6 Å². The predicted molar refractivity (Wildman–Crippen MR) is 68.5 cm³/mol. The zero-order valence-electron chi connectivity index (χ0n) is 11.3. The van der Waals surface area contributed by atoms with Crippen LogP contribution in [0, 0.1) is 0 Å². The van der Waals surface area contributed by atoms with E-state index in [1.165, 1.54) is 13.8 Å². The number of esters is 2. The lowest BCUT2D eigenvalue weighted by Crippen LogP contribution is -2.41. The first-order chi connectivity index (χ1) is 9.99. The fraction of sp³-hybridized carbons (Fsp3) is 0.308. The minimum Gasteiger partial charge on any atom is -0.419 e. The van der Waals surface area contributed by atoms with Crippen molar-refractivity contribution in [2.45, 2.75) is 25.8 Å². The monoisotopic (exact) mass is 335 g/mol. The van der Waals surface area contributed by atoms with Crippen LogP contribution in [0.15, 0.2) is 17.8 Å². The van der Waals surface area contributed by atoms with Crippen molar-refractivity contribution in [2.75, 3.05) is 0 Å². The van der Waals surface area contributed by atoms with E-state index in [0.29, 0.717) is 12.3 Å². The Morgan fingerprint density at radius 3 is 2.23 bits per heavy atom. The zero-order valence-corrected chi connectivity index (χ0v) is 12.1. The van der Waals surface area contributed by atoms with Crippen molar-refractivity contribution in [3.8, 4) is 0 Å². The van der Waals surface area contributed by atoms with E-state index in [4.69, 9.17) is 21.1 Å². The number of hydrogen-bond donors (Lipinski definition) is 0. The third kappa shape index (κ3) is 3.38. The van der Waals surface area contributed by atoms with E-state index >= 15 is 0 Å². The Balaban J connectivity index is 2.38. The number of carbonyl (C=O) groups is 2. The summed E-state index contributed by atoms with van der Waals surface area (Å²) in [5.74, 6) is -3.36. The lowest BCUT2D eigenvalue weighted by atomic mass is 10.1. The van der Waals surface area contributed by atoms with Crippen molar-refractivity contribution < 1.29 is 32.2 Å². The molecule has 0 aromatic carbocycles. The number of cyclic esters (lactones) is 2. The second-order valence-corrected chi connectivity index (χ2v) is 5.23. The van der Waals surface area contributed by atoms with Gasteiger partial charge in [0.05, 0.1) is 16.3 Å². The third-order valence-electron chi connectivity index (χ3n) is 2.59. The summed E-state index contributed by atoms with van der Waals surface area (Å²) < 4.78 is 47.2. The molecule has 5 nitrogen and oxygen atoms in total. The van der Waals surface area contributed by atoms with Gasteiger partial charge in [-0.2, -0.15) is 13.2 Å². The maximum atomic E-state index is 12.5. The van der Waals surface area contributed by atoms with Crippen LogP contribution in [0.5, 0.6) is 0 Å². The molecule has 9 heteroatoms. The molecular weight excluding hydrogens is 327 g/mol. The molecule has 1 aromatic rings. The summed E-state index contributed by atoms with van der Waals surface area (Å²) in [6.45, 7) is 2.73. The first kappa shape index (κ1) is 16.3. The molecule has 22 heavy (non-hydrogen) atoms. The predicted octanol–water partition coefficient (Wildman–Crippen LogP) is 2.97. The summed E-state index contributed by atoms with van der Waals surface area (Å²) >= 11 is 5.69. The Bertz CT molecular complexity index is 660.